The average molecular weight is 523 g/mol. The standard InChI is InChI=1S/C21H23N3O.C2H6.HIS/c1-24-20(25)15-19(23-21(24)22)13-12-18-9-5-8-17(14-18)11-10-16-6-3-2-4-7-16;2*1-2/h2-9,14-15H,10-13H2,1H3,(H2,22,23);1-2H3;2H. The van der Waals surface area contributed by atoms with E-state index in [9.17, 15) is 4.79 Å². The molecule has 0 fully saturated rings. The Morgan fingerprint density at radius 3 is 1.97 bits per heavy atom. The third-order valence-corrected chi connectivity index (χ3v) is 4.43. The molecule has 3 rings (SSSR count). The van der Waals surface area contributed by atoms with Gasteiger partial charge in [0.15, 0.2) is 0 Å². The third kappa shape index (κ3) is 8.62. The van der Waals surface area contributed by atoms with E-state index < -0.39 is 0 Å². The van der Waals surface area contributed by atoms with Gasteiger partial charge in [0, 0.05) is 13.1 Å². The first-order chi connectivity index (χ1) is 14.1. The molecule has 0 atom stereocenters. The number of aromatic nitrogens is 2. The van der Waals surface area contributed by atoms with Gasteiger partial charge in [0.2, 0.25) is 5.95 Å². The van der Waals surface area contributed by atoms with Crippen molar-refractivity contribution in [2.45, 2.75) is 39.5 Å². The van der Waals surface area contributed by atoms with Crippen molar-refractivity contribution in [2.75, 3.05) is 5.73 Å². The van der Waals surface area contributed by atoms with E-state index in [0.717, 1.165) is 25.0 Å². The Bertz CT molecular complexity index is 913. The second kappa shape index (κ2) is 14.2. The maximum absolute atomic E-state index is 11.8. The molecule has 0 amide bonds. The van der Waals surface area contributed by atoms with Gasteiger partial charge in [-0.3, -0.25) is 9.36 Å². The van der Waals surface area contributed by atoms with Crippen LogP contribution in [0.25, 0.3) is 0 Å². The van der Waals surface area contributed by atoms with Crippen molar-refractivity contribution in [3.05, 3.63) is 93.4 Å². The molecule has 0 bridgehead atoms. The molecule has 156 valence electrons. The maximum atomic E-state index is 11.8. The molecule has 4 nitrogen and oxygen atoms in total. The largest absolute Gasteiger partial charge is 0.369 e. The molecule has 3 aromatic rings. The van der Waals surface area contributed by atoms with Crippen molar-refractivity contribution in [2.24, 2.45) is 7.05 Å². The first kappa shape index (κ1) is 25.2. The Hall–Kier alpha value is -1.80. The molecule has 0 saturated heterocycles. The number of aryl methyl sites for hydroxylation is 4. The minimum Gasteiger partial charge on any atom is -0.369 e. The molecule has 2 N–H and O–H groups in total. The third-order valence-electron chi connectivity index (χ3n) is 4.43. The van der Waals surface area contributed by atoms with Gasteiger partial charge in [-0.15, -0.1) is 9.80 Å². The lowest BCUT2D eigenvalue weighted by Crippen LogP contribution is -2.21. The maximum Gasteiger partial charge on any atom is 0.254 e. The first-order valence-corrected chi connectivity index (χ1v) is 13.0. The molecule has 0 aliphatic heterocycles. The van der Waals surface area contributed by atoms with E-state index in [1.807, 2.05) is 41.1 Å². The quantitative estimate of drug-likeness (QED) is 0.344. The smallest absolute Gasteiger partial charge is 0.254 e. The highest BCUT2D eigenvalue weighted by Gasteiger charge is 2.04. The summed E-state index contributed by atoms with van der Waals surface area (Å²) in [4.78, 5) is 16.1. The Morgan fingerprint density at radius 2 is 1.38 bits per heavy atom. The highest BCUT2D eigenvalue weighted by atomic mass is 127. The summed E-state index contributed by atoms with van der Waals surface area (Å²) in [6.07, 6.45) is 3.62. The van der Waals surface area contributed by atoms with E-state index in [-0.39, 0.29) is 11.5 Å². The zero-order valence-corrected chi connectivity index (χ0v) is 20.4. The Kier molecular flexibility index (Phi) is 12.4. The number of nitrogen functional groups attached to an aromatic ring is 1. The number of rotatable bonds is 6. The van der Waals surface area contributed by atoms with Crippen LogP contribution in [0.2, 0.25) is 0 Å². The fraction of sp³-hybridized carbons (Fsp3) is 0.304. The zero-order valence-electron chi connectivity index (χ0n) is 17.3. The molecule has 0 radical (unpaired) electrons. The summed E-state index contributed by atoms with van der Waals surface area (Å²) >= 11 is 1.84. The molecule has 1 aromatic heterocycles. The minimum absolute atomic E-state index is 0.112. The molecule has 0 saturated carbocycles. The molecule has 0 unspecified atom stereocenters. The van der Waals surface area contributed by atoms with E-state index in [4.69, 9.17) is 5.73 Å². The van der Waals surface area contributed by atoms with Crippen LogP contribution >= 0.6 is 31.0 Å². The summed E-state index contributed by atoms with van der Waals surface area (Å²) in [5.41, 5.74) is 10.3. The van der Waals surface area contributed by atoms with E-state index in [1.165, 1.54) is 21.3 Å². The second-order valence-electron chi connectivity index (χ2n) is 6.31. The fourth-order valence-corrected chi connectivity index (χ4v) is 2.88. The summed E-state index contributed by atoms with van der Waals surface area (Å²) < 4.78 is 1.35. The van der Waals surface area contributed by atoms with Crippen molar-refractivity contribution >= 4 is 37.0 Å². The normalized spacial score (nSPS) is 9.69. The first-order valence-electron chi connectivity index (χ1n) is 9.73. The minimum atomic E-state index is -0.112. The van der Waals surface area contributed by atoms with E-state index in [0.29, 0.717) is 6.42 Å². The van der Waals surface area contributed by atoms with Crippen molar-refractivity contribution < 1.29 is 0 Å². The highest BCUT2D eigenvalue weighted by Crippen LogP contribution is 2.12. The van der Waals surface area contributed by atoms with Gasteiger partial charge in [-0.05, 0) is 63.6 Å². The number of thiol groups is 1. The van der Waals surface area contributed by atoms with Gasteiger partial charge in [0.25, 0.3) is 5.56 Å². The lowest BCUT2D eigenvalue weighted by molar-refractivity contribution is 0.805. The number of benzene rings is 2. The Morgan fingerprint density at radius 1 is 0.862 bits per heavy atom. The topological polar surface area (TPSA) is 60.9 Å². The number of nitrogens with two attached hydrogens (primary N) is 1. The number of halogens is 1. The monoisotopic (exact) mass is 523 g/mol. The number of nitrogens with zero attached hydrogens (tertiary/aromatic N) is 2. The number of anilines is 1. The molecule has 0 spiro atoms. The van der Waals surface area contributed by atoms with Gasteiger partial charge >= 0.3 is 0 Å². The van der Waals surface area contributed by atoms with E-state index in [1.54, 1.807) is 13.1 Å². The average Bonchev–Trinajstić information content (AvgIpc) is 2.78. The molecule has 6 heteroatoms. The summed E-state index contributed by atoms with van der Waals surface area (Å²) in [5.74, 6) is 0.263. The van der Waals surface area contributed by atoms with Crippen LogP contribution in [0, 0.1) is 0 Å². The molecule has 0 aliphatic carbocycles. The van der Waals surface area contributed by atoms with Gasteiger partial charge < -0.3 is 5.73 Å². The summed E-state index contributed by atoms with van der Waals surface area (Å²) in [5, 5.41) is 0. The lowest BCUT2D eigenvalue weighted by Gasteiger charge is -2.07. The number of hydrogen-bond acceptors (Lipinski definition) is 4. The van der Waals surface area contributed by atoms with Crippen LogP contribution in [0.15, 0.2) is 65.5 Å². The summed E-state index contributed by atoms with van der Waals surface area (Å²) in [6.45, 7) is 4.00. The van der Waals surface area contributed by atoms with Crippen LogP contribution in [0.4, 0.5) is 5.95 Å². The zero-order chi connectivity index (χ0) is 21.6. The number of hydrogen-bond donors (Lipinski definition) is 2. The fourth-order valence-electron chi connectivity index (χ4n) is 2.88. The van der Waals surface area contributed by atoms with Crippen molar-refractivity contribution in [1.82, 2.24) is 9.55 Å². The predicted molar refractivity (Wildman–Crippen MR) is 136 cm³/mol. The van der Waals surface area contributed by atoms with Crippen molar-refractivity contribution in [3.63, 3.8) is 0 Å². The summed E-state index contributed by atoms with van der Waals surface area (Å²) in [6, 6.07) is 20.7. The van der Waals surface area contributed by atoms with Crippen LogP contribution in [0.5, 0.6) is 0 Å². The SMILES string of the molecule is CC.Cn1c(N)nc(CCc2cccc(CCc3ccccc3)c2)cc1=O.SI. The Labute approximate surface area is 191 Å². The van der Waals surface area contributed by atoms with Gasteiger partial charge in [-0.1, -0.05) is 68.4 Å². The van der Waals surface area contributed by atoms with Crippen LogP contribution in [-0.4, -0.2) is 9.55 Å². The molecule has 0 aliphatic rings. The van der Waals surface area contributed by atoms with Crippen molar-refractivity contribution in [3.8, 4) is 0 Å². The van der Waals surface area contributed by atoms with E-state index >= 15 is 0 Å². The van der Waals surface area contributed by atoms with Crippen LogP contribution in [-0.2, 0) is 32.7 Å². The van der Waals surface area contributed by atoms with Gasteiger partial charge in [-0.2, -0.15) is 0 Å². The molecule has 2 aromatic carbocycles. The van der Waals surface area contributed by atoms with Crippen LogP contribution in [0.3, 0.4) is 0 Å². The van der Waals surface area contributed by atoms with Gasteiger partial charge in [0.1, 0.15) is 0 Å². The van der Waals surface area contributed by atoms with E-state index in [2.05, 4.69) is 63.3 Å². The Balaban J connectivity index is 0.000000989. The summed E-state index contributed by atoms with van der Waals surface area (Å²) in [7, 11) is 5.13. The molecule has 29 heavy (non-hydrogen) atoms. The molecular formula is C23H30IN3OS. The van der Waals surface area contributed by atoms with Gasteiger partial charge in [0.05, 0.1) is 5.69 Å². The second-order valence-corrected chi connectivity index (χ2v) is 6.31. The highest BCUT2D eigenvalue weighted by molar-refractivity contribution is 14.2. The van der Waals surface area contributed by atoms with Crippen LogP contribution < -0.4 is 11.3 Å². The van der Waals surface area contributed by atoms with Gasteiger partial charge in [-0.25, -0.2) is 4.98 Å². The van der Waals surface area contributed by atoms with Crippen molar-refractivity contribution in [1.29, 1.82) is 0 Å². The lowest BCUT2D eigenvalue weighted by atomic mass is 10.0. The molecule has 1 heterocycles. The van der Waals surface area contributed by atoms with Crippen LogP contribution in [0.1, 0.15) is 36.2 Å². The predicted octanol–water partition coefficient (Wildman–Crippen LogP) is 5.23. The molecular weight excluding hydrogens is 493 g/mol.